The van der Waals surface area contributed by atoms with Crippen molar-refractivity contribution in [3.8, 4) is 0 Å². The maximum Gasteiger partial charge on any atom is 0.0454 e. The Morgan fingerprint density at radius 3 is 2.86 bits per heavy atom. The van der Waals surface area contributed by atoms with Gasteiger partial charge in [0.05, 0.1) is 0 Å². The Labute approximate surface area is 94.7 Å². The molecule has 0 saturated heterocycles. The molecule has 0 amide bonds. The van der Waals surface area contributed by atoms with Crippen LogP contribution in [-0.2, 0) is 0 Å². The standard InChI is InChI=1S/C11H13Cl2N/c1-3-6-14-8(2)10-7-9(12)4-5-11(10)13/h3-5,7-8,14H,1,6H2,2H3. The van der Waals surface area contributed by atoms with Crippen LogP contribution in [-0.4, -0.2) is 6.54 Å². The number of rotatable bonds is 4. The van der Waals surface area contributed by atoms with E-state index in [0.717, 1.165) is 17.1 Å². The average molecular weight is 230 g/mol. The fraction of sp³-hybridized carbons (Fsp3) is 0.273. The summed E-state index contributed by atoms with van der Waals surface area (Å²) in [7, 11) is 0. The van der Waals surface area contributed by atoms with Crippen molar-refractivity contribution in [1.82, 2.24) is 5.32 Å². The summed E-state index contributed by atoms with van der Waals surface area (Å²) in [4.78, 5) is 0. The van der Waals surface area contributed by atoms with Crippen molar-refractivity contribution in [2.24, 2.45) is 0 Å². The number of benzene rings is 1. The quantitative estimate of drug-likeness (QED) is 0.775. The molecule has 1 aromatic rings. The molecule has 1 atom stereocenters. The smallest absolute Gasteiger partial charge is 0.0454 e. The number of hydrogen-bond acceptors (Lipinski definition) is 1. The van der Waals surface area contributed by atoms with Crippen LogP contribution in [0.5, 0.6) is 0 Å². The SMILES string of the molecule is C=CCNC(C)c1cc(Cl)ccc1Cl. The van der Waals surface area contributed by atoms with Gasteiger partial charge in [-0.15, -0.1) is 6.58 Å². The summed E-state index contributed by atoms with van der Waals surface area (Å²) < 4.78 is 0. The Morgan fingerprint density at radius 2 is 2.21 bits per heavy atom. The van der Waals surface area contributed by atoms with E-state index in [2.05, 4.69) is 11.9 Å². The Bertz CT molecular complexity index is 323. The normalized spacial score (nSPS) is 12.5. The molecule has 0 radical (unpaired) electrons. The molecule has 14 heavy (non-hydrogen) atoms. The van der Waals surface area contributed by atoms with Crippen LogP contribution in [0.3, 0.4) is 0 Å². The van der Waals surface area contributed by atoms with Crippen LogP contribution in [0.25, 0.3) is 0 Å². The summed E-state index contributed by atoms with van der Waals surface area (Å²) in [5.41, 5.74) is 1.01. The molecule has 0 spiro atoms. The van der Waals surface area contributed by atoms with E-state index in [1.165, 1.54) is 0 Å². The summed E-state index contributed by atoms with van der Waals surface area (Å²) in [6.07, 6.45) is 1.81. The molecule has 0 heterocycles. The summed E-state index contributed by atoms with van der Waals surface area (Å²) in [6, 6.07) is 5.66. The van der Waals surface area contributed by atoms with Gasteiger partial charge in [-0.1, -0.05) is 29.3 Å². The highest BCUT2D eigenvalue weighted by Crippen LogP contribution is 2.25. The monoisotopic (exact) mass is 229 g/mol. The molecule has 1 unspecified atom stereocenters. The molecular weight excluding hydrogens is 217 g/mol. The lowest BCUT2D eigenvalue weighted by atomic mass is 10.1. The van der Waals surface area contributed by atoms with Crippen molar-refractivity contribution in [2.45, 2.75) is 13.0 Å². The zero-order valence-corrected chi connectivity index (χ0v) is 9.57. The van der Waals surface area contributed by atoms with Gasteiger partial charge in [0.2, 0.25) is 0 Å². The van der Waals surface area contributed by atoms with Crippen LogP contribution in [0, 0.1) is 0 Å². The fourth-order valence-corrected chi connectivity index (χ4v) is 1.68. The molecule has 0 fully saturated rings. The van der Waals surface area contributed by atoms with Gasteiger partial charge >= 0.3 is 0 Å². The van der Waals surface area contributed by atoms with Gasteiger partial charge in [-0.25, -0.2) is 0 Å². The van der Waals surface area contributed by atoms with Gasteiger partial charge in [0.25, 0.3) is 0 Å². The highest BCUT2D eigenvalue weighted by atomic mass is 35.5. The summed E-state index contributed by atoms with van der Waals surface area (Å²) >= 11 is 11.9. The predicted octanol–water partition coefficient (Wildman–Crippen LogP) is 3.83. The Morgan fingerprint density at radius 1 is 1.50 bits per heavy atom. The molecule has 3 heteroatoms. The second-order valence-corrected chi connectivity index (χ2v) is 3.93. The van der Waals surface area contributed by atoms with E-state index >= 15 is 0 Å². The van der Waals surface area contributed by atoms with E-state index in [4.69, 9.17) is 23.2 Å². The van der Waals surface area contributed by atoms with Gasteiger partial charge in [0.1, 0.15) is 0 Å². The van der Waals surface area contributed by atoms with Gasteiger partial charge in [0.15, 0.2) is 0 Å². The van der Waals surface area contributed by atoms with Crippen LogP contribution in [0.2, 0.25) is 10.0 Å². The van der Waals surface area contributed by atoms with Gasteiger partial charge < -0.3 is 5.32 Å². The third-order valence-electron chi connectivity index (χ3n) is 1.99. The van der Waals surface area contributed by atoms with E-state index in [1.807, 2.05) is 25.1 Å². The minimum atomic E-state index is 0.180. The molecule has 1 aromatic carbocycles. The van der Waals surface area contributed by atoms with Crippen LogP contribution in [0.15, 0.2) is 30.9 Å². The van der Waals surface area contributed by atoms with E-state index in [1.54, 1.807) is 6.07 Å². The van der Waals surface area contributed by atoms with E-state index < -0.39 is 0 Å². The Balaban J connectivity index is 2.82. The lowest BCUT2D eigenvalue weighted by Gasteiger charge is -2.14. The van der Waals surface area contributed by atoms with Crippen molar-refractivity contribution in [2.75, 3.05) is 6.54 Å². The molecule has 0 aliphatic heterocycles. The first kappa shape index (κ1) is 11.6. The Hall–Kier alpha value is -0.500. The summed E-state index contributed by atoms with van der Waals surface area (Å²) in [6.45, 7) is 6.44. The predicted molar refractivity (Wildman–Crippen MR) is 63.1 cm³/mol. The van der Waals surface area contributed by atoms with Crippen molar-refractivity contribution < 1.29 is 0 Å². The van der Waals surface area contributed by atoms with Crippen LogP contribution >= 0.6 is 23.2 Å². The van der Waals surface area contributed by atoms with E-state index in [9.17, 15) is 0 Å². The summed E-state index contributed by atoms with van der Waals surface area (Å²) in [5.74, 6) is 0. The first-order chi connectivity index (χ1) is 6.65. The molecular formula is C11H13Cl2N. The zero-order valence-electron chi connectivity index (χ0n) is 8.06. The van der Waals surface area contributed by atoms with E-state index in [0.29, 0.717) is 5.02 Å². The molecule has 1 N–H and O–H groups in total. The van der Waals surface area contributed by atoms with Crippen LogP contribution in [0.1, 0.15) is 18.5 Å². The minimum Gasteiger partial charge on any atom is -0.307 e. The van der Waals surface area contributed by atoms with Crippen LogP contribution in [0.4, 0.5) is 0 Å². The lowest BCUT2D eigenvalue weighted by molar-refractivity contribution is 0.618. The number of nitrogens with one attached hydrogen (secondary N) is 1. The maximum atomic E-state index is 6.05. The highest BCUT2D eigenvalue weighted by Gasteiger charge is 2.08. The third-order valence-corrected chi connectivity index (χ3v) is 2.57. The van der Waals surface area contributed by atoms with E-state index in [-0.39, 0.29) is 6.04 Å². The topological polar surface area (TPSA) is 12.0 Å². The minimum absolute atomic E-state index is 0.180. The van der Waals surface area contributed by atoms with Gasteiger partial charge in [-0.05, 0) is 30.7 Å². The molecule has 0 bridgehead atoms. The molecule has 0 aliphatic carbocycles. The first-order valence-electron chi connectivity index (χ1n) is 4.44. The fourth-order valence-electron chi connectivity index (χ4n) is 1.22. The first-order valence-corrected chi connectivity index (χ1v) is 5.20. The number of halogens is 2. The van der Waals surface area contributed by atoms with Crippen LogP contribution < -0.4 is 5.32 Å². The highest BCUT2D eigenvalue weighted by molar-refractivity contribution is 6.33. The second-order valence-electron chi connectivity index (χ2n) is 3.08. The summed E-state index contributed by atoms with van der Waals surface area (Å²) in [5, 5.41) is 4.70. The van der Waals surface area contributed by atoms with Gasteiger partial charge in [0, 0.05) is 22.6 Å². The maximum absolute atomic E-state index is 6.05. The van der Waals surface area contributed by atoms with Crippen molar-refractivity contribution in [3.05, 3.63) is 46.5 Å². The molecule has 76 valence electrons. The lowest BCUT2D eigenvalue weighted by Crippen LogP contribution is -2.18. The third kappa shape index (κ3) is 3.02. The molecule has 1 rings (SSSR count). The van der Waals surface area contributed by atoms with Crippen molar-refractivity contribution in [1.29, 1.82) is 0 Å². The molecule has 0 aromatic heterocycles. The Kier molecular flexibility index (Phi) is 4.46. The largest absolute Gasteiger partial charge is 0.307 e. The molecule has 1 nitrogen and oxygen atoms in total. The average Bonchev–Trinajstić information content (AvgIpc) is 2.18. The molecule has 0 saturated carbocycles. The molecule has 0 aliphatic rings. The second kappa shape index (κ2) is 5.40. The number of hydrogen-bond donors (Lipinski definition) is 1. The van der Waals surface area contributed by atoms with Gasteiger partial charge in [-0.2, -0.15) is 0 Å². The van der Waals surface area contributed by atoms with Crippen molar-refractivity contribution in [3.63, 3.8) is 0 Å². The van der Waals surface area contributed by atoms with Crippen molar-refractivity contribution >= 4 is 23.2 Å². The van der Waals surface area contributed by atoms with Gasteiger partial charge in [-0.3, -0.25) is 0 Å². The zero-order chi connectivity index (χ0) is 10.6.